The van der Waals surface area contributed by atoms with Crippen LogP contribution in [-0.2, 0) is 4.79 Å². The van der Waals surface area contributed by atoms with Gasteiger partial charge >= 0.3 is 0 Å². The predicted octanol–water partition coefficient (Wildman–Crippen LogP) is 5.02. The largest absolute Gasteiger partial charge is 0.326 e. The second-order valence-corrected chi connectivity index (χ2v) is 9.23. The summed E-state index contributed by atoms with van der Waals surface area (Å²) in [4.78, 5) is 14.7. The van der Waals surface area contributed by atoms with Gasteiger partial charge in [-0.25, -0.2) is 0 Å². The Bertz CT molecular complexity index is 1110. The highest BCUT2D eigenvalue weighted by molar-refractivity contribution is 7.99. The topological polar surface area (TPSA) is 74.8 Å². The van der Waals surface area contributed by atoms with Crippen molar-refractivity contribution < 1.29 is 4.79 Å². The molecule has 1 aliphatic rings. The molecule has 164 valence electrons. The average molecular weight is 446 g/mol. The molecule has 1 heterocycles. The van der Waals surface area contributed by atoms with Crippen LogP contribution in [0.4, 0.5) is 0 Å². The van der Waals surface area contributed by atoms with Gasteiger partial charge in [-0.3, -0.25) is 9.36 Å². The van der Waals surface area contributed by atoms with Crippen molar-refractivity contribution in [3.05, 3.63) is 60.2 Å². The molecule has 0 atom stereocenters. The van der Waals surface area contributed by atoms with E-state index in [-0.39, 0.29) is 11.7 Å². The van der Waals surface area contributed by atoms with Crippen LogP contribution < -0.4 is 0 Å². The maximum atomic E-state index is 13.0. The number of nitriles is 1. The van der Waals surface area contributed by atoms with Gasteiger partial charge in [0.1, 0.15) is 5.54 Å². The molecule has 1 saturated carbocycles. The highest BCUT2D eigenvalue weighted by Gasteiger charge is 2.38. The molecule has 1 amide bonds. The summed E-state index contributed by atoms with van der Waals surface area (Å²) in [6.45, 7) is 2.05. The number of hydrogen-bond donors (Lipinski definition) is 0. The SMILES string of the molecule is Cc1ccc(-n2c(SCC(=O)N(C)C3(C#N)CCCCC3)nnc2-c2ccccc2)cc1. The Kier molecular flexibility index (Phi) is 6.61. The number of amides is 1. The smallest absolute Gasteiger partial charge is 0.234 e. The molecule has 1 aliphatic carbocycles. The van der Waals surface area contributed by atoms with E-state index in [1.807, 2.05) is 47.0 Å². The van der Waals surface area contributed by atoms with Crippen LogP contribution >= 0.6 is 11.8 Å². The van der Waals surface area contributed by atoms with Crippen molar-refractivity contribution in [2.24, 2.45) is 0 Å². The number of carbonyl (C=O) groups is 1. The number of benzene rings is 2. The monoisotopic (exact) mass is 445 g/mol. The fourth-order valence-corrected chi connectivity index (χ4v) is 5.05. The summed E-state index contributed by atoms with van der Waals surface area (Å²) in [5, 5.41) is 19.3. The van der Waals surface area contributed by atoms with Crippen LogP contribution in [0, 0.1) is 18.3 Å². The van der Waals surface area contributed by atoms with Gasteiger partial charge < -0.3 is 4.90 Å². The first-order chi connectivity index (χ1) is 15.5. The van der Waals surface area contributed by atoms with Gasteiger partial charge in [0.25, 0.3) is 0 Å². The third kappa shape index (κ3) is 4.42. The summed E-state index contributed by atoms with van der Waals surface area (Å²) in [6, 6.07) is 20.5. The Labute approximate surface area is 193 Å². The Morgan fingerprint density at radius 3 is 2.44 bits per heavy atom. The molecule has 1 fully saturated rings. The Balaban J connectivity index is 1.60. The van der Waals surface area contributed by atoms with Gasteiger partial charge in [-0.15, -0.1) is 10.2 Å². The molecule has 2 aromatic carbocycles. The highest BCUT2D eigenvalue weighted by atomic mass is 32.2. The van der Waals surface area contributed by atoms with Crippen LogP contribution in [0.3, 0.4) is 0 Å². The van der Waals surface area contributed by atoms with E-state index in [9.17, 15) is 10.1 Å². The summed E-state index contributed by atoms with van der Waals surface area (Å²) in [5.41, 5.74) is 2.39. The van der Waals surface area contributed by atoms with E-state index in [1.54, 1.807) is 11.9 Å². The van der Waals surface area contributed by atoms with Crippen molar-refractivity contribution in [3.63, 3.8) is 0 Å². The van der Waals surface area contributed by atoms with Crippen LogP contribution in [0.2, 0.25) is 0 Å². The van der Waals surface area contributed by atoms with Crippen molar-refractivity contribution in [2.75, 3.05) is 12.8 Å². The van der Waals surface area contributed by atoms with Crippen molar-refractivity contribution >= 4 is 17.7 Å². The number of thioether (sulfide) groups is 1. The van der Waals surface area contributed by atoms with Crippen LogP contribution in [0.15, 0.2) is 59.8 Å². The minimum absolute atomic E-state index is 0.0573. The molecule has 0 spiro atoms. The average Bonchev–Trinajstić information content (AvgIpc) is 3.27. The third-order valence-corrected chi connectivity index (χ3v) is 7.10. The summed E-state index contributed by atoms with van der Waals surface area (Å²) < 4.78 is 1.99. The van der Waals surface area contributed by atoms with Crippen LogP contribution in [0.1, 0.15) is 37.7 Å². The molecular formula is C25H27N5OS. The fourth-order valence-electron chi connectivity index (χ4n) is 4.18. The Hall–Kier alpha value is -3.11. The number of rotatable bonds is 6. The quantitative estimate of drug-likeness (QED) is 0.498. The Morgan fingerprint density at radius 2 is 1.78 bits per heavy atom. The number of hydrogen-bond acceptors (Lipinski definition) is 5. The lowest BCUT2D eigenvalue weighted by Crippen LogP contribution is -2.50. The van der Waals surface area contributed by atoms with Gasteiger partial charge in [0, 0.05) is 18.3 Å². The second kappa shape index (κ2) is 9.58. The molecular weight excluding hydrogens is 418 g/mol. The number of aromatic nitrogens is 3. The van der Waals surface area contributed by atoms with E-state index < -0.39 is 5.54 Å². The predicted molar refractivity (Wildman–Crippen MR) is 126 cm³/mol. The molecule has 0 bridgehead atoms. The third-order valence-electron chi connectivity index (χ3n) is 6.19. The molecule has 0 radical (unpaired) electrons. The lowest BCUT2D eigenvalue weighted by atomic mass is 9.81. The Morgan fingerprint density at radius 1 is 1.09 bits per heavy atom. The van der Waals surface area contributed by atoms with Crippen molar-refractivity contribution in [1.29, 1.82) is 5.26 Å². The highest BCUT2D eigenvalue weighted by Crippen LogP contribution is 2.34. The second-order valence-electron chi connectivity index (χ2n) is 8.29. The normalized spacial score (nSPS) is 15.2. The van der Waals surface area contributed by atoms with Gasteiger partial charge in [0.2, 0.25) is 5.91 Å². The molecule has 3 aromatic rings. The first kappa shape index (κ1) is 22.1. The van der Waals surface area contributed by atoms with Gasteiger partial charge in [-0.05, 0) is 31.9 Å². The lowest BCUT2D eigenvalue weighted by Gasteiger charge is -2.39. The number of carbonyl (C=O) groups excluding carboxylic acids is 1. The lowest BCUT2D eigenvalue weighted by molar-refractivity contribution is -0.131. The molecule has 0 saturated heterocycles. The number of aryl methyl sites for hydroxylation is 1. The van der Waals surface area contributed by atoms with E-state index in [4.69, 9.17) is 0 Å². The first-order valence-electron chi connectivity index (χ1n) is 10.9. The zero-order chi connectivity index (χ0) is 22.6. The molecule has 7 heteroatoms. The van der Waals surface area contributed by atoms with Gasteiger partial charge in [0.15, 0.2) is 11.0 Å². The maximum absolute atomic E-state index is 13.0. The van der Waals surface area contributed by atoms with E-state index >= 15 is 0 Å². The van der Waals surface area contributed by atoms with Crippen molar-refractivity contribution in [2.45, 2.75) is 49.7 Å². The molecule has 1 aromatic heterocycles. The van der Waals surface area contributed by atoms with Crippen molar-refractivity contribution in [1.82, 2.24) is 19.7 Å². The summed E-state index contributed by atoms with van der Waals surface area (Å²) in [6.07, 6.45) is 4.59. The van der Waals surface area contributed by atoms with Crippen LogP contribution in [0.25, 0.3) is 17.1 Å². The van der Waals surface area contributed by atoms with Gasteiger partial charge in [-0.2, -0.15) is 5.26 Å². The summed E-state index contributed by atoms with van der Waals surface area (Å²) >= 11 is 1.36. The van der Waals surface area contributed by atoms with Crippen LogP contribution in [-0.4, -0.2) is 43.9 Å². The molecule has 0 N–H and O–H groups in total. The van der Waals surface area contributed by atoms with E-state index in [0.717, 1.165) is 49.2 Å². The van der Waals surface area contributed by atoms with Crippen LogP contribution in [0.5, 0.6) is 0 Å². The fraction of sp³-hybridized carbons (Fsp3) is 0.360. The molecule has 6 nitrogen and oxygen atoms in total. The minimum Gasteiger partial charge on any atom is -0.326 e. The van der Waals surface area contributed by atoms with Gasteiger partial charge in [-0.1, -0.05) is 79.1 Å². The van der Waals surface area contributed by atoms with E-state index in [1.165, 1.54) is 17.3 Å². The van der Waals surface area contributed by atoms with Crippen molar-refractivity contribution in [3.8, 4) is 23.1 Å². The van der Waals surface area contributed by atoms with Gasteiger partial charge in [0.05, 0.1) is 11.8 Å². The molecule has 0 unspecified atom stereocenters. The first-order valence-corrected chi connectivity index (χ1v) is 11.9. The minimum atomic E-state index is -0.685. The van der Waals surface area contributed by atoms with E-state index in [2.05, 4.69) is 35.3 Å². The van der Waals surface area contributed by atoms with E-state index in [0.29, 0.717) is 5.16 Å². The number of nitrogens with zero attached hydrogens (tertiary/aromatic N) is 5. The molecule has 0 aliphatic heterocycles. The molecule has 4 rings (SSSR count). The molecule has 32 heavy (non-hydrogen) atoms. The zero-order valence-electron chi connectivity index (χ0n) is 18.5. The summed E-state index contributed by atoms with van der Waals surface area (Å²) in [7, 11) is 1.76. The standard InChI is InChI=1S/C25H27N5OS/c1-19-11-13-21(14-12-19)30-23(20-9-5-3-6-10-20)27-28-24(30)32-17-22(31)29(2)25(18-26)15-7-4-8-16-25/h3,5-6,9-14H,4,7-8,15-17H2,1-2H3. The summed E-state index contributed by atoms with van der Waals surface area (Å²) in [5.74, 6) is 0.885. The zero-order valence-corrected chi connectivity index (χ0v) is 19.3. The maximum Gasteiger partial charge on any atom is 0.234 e.